The fraction of sp³-hybridized carbons (Fsp3) is 0.467. The van der Waals surface area contributed by atoms with E-state index in [1.54, 1.807) is 19.9 Å². The van der Waals surface area contributed by atoms with Crippen LogP contribution in [0, 0.1) is 5.92 Å². The van der Waals surface area contributed by atoms with Gasteiger partial charge in [-0.2, -0.15) is 0 Å². The van der Waals surface area contributed by atoms with Crippen LogP contribution in [0.3, 0.4) is 0 Å². The molecule has 0 aliphatic rings. The SMILES string of the molecule is CCOc1c(Br)cc(C(=O)N[C@@H](C(=O)O)C(C)C)cc1OC. The molecule has 0 bridgehead atoms. The Kier molecular flexibility index (Phi) is 6.67. The van der Waals surface area contributed by atoms with E-state index in [-0.39, 0.29) is 5.92 Å². The van der Waals surface area contributed by atoms with Crippen LogP contribution in [0.4, 0.5) is 0 Å². The van der Waals surface area contributed by atoms with Crippen molar-refractivity contribution in [2.75, 3.05) is 13.7 Å². The third kappa shape index (κ3) is 4.37. The van der Waals surface area contributed by atoms with Crippen LogP contribution in [0.5, 0.6) is 11.5 Å². The molecular weight excluding hydrogens is 354 g/mol. The first-order chi connectivity index (χ1) is 10.3. The molecule has 0 spiro atoms. The quantitative estimate of drug-likeness (QED) is 0.767. The monoisotopic (exact) mass is 373 g/mol. The number of carbonyl (C=O) groups is 2. The minimum Gasteiger partial charge on any atom is -0.493 e. The number of ether oxygens (including phenoxy) is 2. The van der Waals surface area contributed by atoms with Gasteiger partial charge in [-0.15, -0.1) is 0 Å². The van der Waals surface area contributed by atoms with Crippen LogP contribution in [-0.2, 0) is 4.79 Å². The highest BCUT2D eigenvalue weighted by atomic mass is 79.9. The fourth-order valence-corrected chi connectivity index (χ4v) is 2.43. The summed E-state index contributed by atoms with van der Waals surface area (Å²) in [5.41, 5.74) is 0.291. The van der Waals surface area contributed by atoms with Gasteiger partial charge in [0.1, 0.15) is 6.04 Å². The lowest BCUT2D eigenvalue weighted by atomic mass is 10.0. The molecule has 7 heteroatoms. The molecular formula is C15H20BrNO5. The zero-order valence-corrected chi connectivity index (χ0v) is 14.6. The van der Waals surface area contributed by atoms with Crippen LogP contribution < -0.4 is 14.8 Å². The Labute approximate surface area is 137 Å². The maximum absolute atomic E-state index is 12.3. The number of halogens is 1. The Balaban J connectivity index is 3.08. The van der Waals surface area contributed by atoms with E-state index in [1.165, 1.54) is 13.2 Å². The van der Waals surface area contributed by atoms with Gasteiger partial charge >= 0.3 is 5.97 Å². The molecule has 6 nitrogen and oxygen atoms in total. The Hall–Kier alpha value is -1.76. The van der Waals surface area contributed by atoms with Gasteiger partial charge < -0.3 is 19.9 Å². The molecule has 1 atom stereocenters. The molecule has 0 aliphatic heterocycles. The van der Waals surface area contributed by atoms with Crippen molar-refractivity contribution in [3.05, 3.63) is 22.2 Å². The Morgan fingerprint density at radius 1 is 1.36 bits per heavy atom. The number of hydrogen-bond donors (Lipinski definition) is 2. The number of amides is 1. The molecule has 0 saturated carbocycles. The second-order valence-electron chi connectivity index (χ2n) is 4.96. The van der Waals surface area contributed by atoms with Crippen molar-refractivity contribution in [3.63, 3.8) is 0 Å². The second kappa shape index (κ2) is 8.03. The highest BCUT2D eigenvalue weighted by molar-refractivity contribution is 9.10. The van der Waals surface area contributed by atoms with E-state index < -0.39 is 17.9 Å². The number of nitrogens with one attached hydrogen (secondary N) is 1. The Morgan fingerprint density at radius 2 is 2.00 bits per heavy atom. The highest BCUT2D eigenvalue weighted by Gasteiger charge is 2.25. The molecule has 0 radical (unpaired) electrons. The first-order valence-corrected chi connectivity index (χ1v) is 7.65. The number of hydrogen-bond acceptors (Lipinski definition) is 4. The summed E-state index contributed by atoms with van der Waals surface area (Å²) in [6.07, 6.45) is 0. The van der Waals surface area contributed by atoms with Crippen LogP contribution >= 0.6 is 15.9 Å². The summed E-state index contributed by atoms with van der Waals surface area (Å²) in [4.78, 5) is 23.4. The molecule has 1 aromatic carbocycles. The summed E-state index contributed by atoms with van der Waals surface area (Å²) in [6.45, 7) is 5.75. The molecule has 0 saturated heterocycles. The van der Waals surface area contributed by atoms with E-state index in [1.807, 2.05) is 6.92 Å². The van der Waals surface area contributed by atoms with E-state index in [0.29, 0.717) is 28.1 Å². The van der Waals surface area contributed by atoms with E-state index >= 15 is 0 Å². The number of carboxylic acid groups (broad SMARTS) is 1. The van der Waals surface area contributed by atoms with Crippen molar-refractivity contribution in [2.45, 2.75) is 26.8 Å². The minimum absolute atomic E-state index is 0.227. The van der Waals surface area contributed by atoms with Crippen LogP contribution in [-0.4, -0.2) is 36.7 Å². The van der Waals surface area contributed by atoms with Crippen molar-refractivity contribution in [1.29, 1.82) is 0 Å². The summed E-state index contributed by atoms with van der Waals surface area (Å²) in [5.74, 6) is -0.879. The molecule has 0 aromatic heterocycles. The largest absolute Gasteiger partial charge is 0.493 e. The maximum Gasteiger partial charge on any atom is 0.326 e. The molecule has 0 aliphatic carbocycles. The van der Waals surface area contributed by atoms with E-state index in [9.17, 15) is 9.59 Å². The third-order valence-electron chi connectivity index (χ3n) is 3.00. The van der Waals surface area contributed by atoms with Crippen LogP contribution in [0.2, 0.25) is 0 Å². The molecule has 0 unspecified atom stereocenters. The molecule has 1 aromatic rings. The van der Waals surface area contributed by atoms with Gasteiger partial charge in [0.2, 0.25) is 0 Å². The van der Waals surface area contributed by atoms with E-state index in [0.717, 1.165) is 0 Å². The highest BCUT2D eigenvalue weighted by Crippen LogP contribution is 2.36. The fourth-order valence-electron chi connectivity index (χ4n) is 1.87. The topological polar surface area (TPSA) is 84.9 Å². The summed E-state index contributed by atoms with van der Waals surface area (Å²) in [6, 6.07) is 2.13. The van der Waals surface area contributed by atoms with Gasteiger partial charge in [-0.25, -0.2) is 4.79 Å². The molecule has 2 N–H and O–H groups in total. The molecule has 0 fully saturated rings. The van der Waals surface area contributed by atoms with Crippen molar-refractivity contribution in [3.8, 4) is 11.5 Å². The van der Waals surface area contributed by atoms with Gasteiger partial charge in [0.05, 0.1) is 18.2 Å². The molecule has 0 heterocycles. The Morgan fingerprint density at radius 3 is 2.45 bits per heavy atom. The Bertz CT molecular complexity index is 559. The number of rotatable bonds is 7. The average Bonchev–Trinajstić information content (AvgIpc) is 2.45. The summed E-state index contributed by atoms with van der Waals surface area (Å²) < 4.78 is 11.2. The lowest BCUT2D eigenvalue weighted by Gasteiger charge is -2.19. The normalized spacial score (nSPS) is 11.9. The number of aliphatic carboxylic acids is 1. The van der Waals surface area contributed by atoms with Gasteiger partial charge in [0, 0.05) is 5.56 Å². The van der Waals surface area contributed by atoms with E-state index in [2.05, 4.69) is 21.2 Å². The molecule has 122 valence electrons. The van der Waals surface area contributed by atoms with Crippen LogP contribution in [0.15, 0.2) is 16.6 Å². The molecule has 1 amide bonds. The number of carboxylic acids is 1. The van der Waals surface area contributed by atoms with Crippen molar-refractivity contribution >= 4 is 27.8 Å². The zero-order chi connectivity index (χ0) is 16.9. The van der Waals surface area contributed by atoms with Crippen LogP contribution in [0.1, 0.15) is 31.1 Å². The first-order valence-electron chi connectivity index (χ1n) is 6.85. The predicted molar refractivity (Wildman–Crippen MR) is 85.6 cm³/mol. The predicted octanol–water partition coefficient (Wildman–Crippen LogP) is 2.70. The summed E-state index contributed by atoms with van der Waals surface area (Å²) in [7, 11) is 1.47. The van der Waals surface area contributed by atoms with Gasteiger partial charge in [-0.05, 0) is 40.9 Å². The standard InChI is InChI=1S/C15H20BrNO5/c1-5-22-13-10(16)6-9(7-11(13)21-4)14(18)17-12(8(2)3)15(19)20/h6-8,12H,5H2,1-4H3,(H,17,18)(H,19,20)/t12-/m1/s1. The van der Waals surface area contributed by atoms with Crippen LogP contribution in [0.25, 0.3) is 0 Å². The van der Waals surface area contributed by atoms with E-state index in [4.69, 9.17) is 14.6 Å². The molecule has 1 rings (SSSR count). The zero-order valence-electron chi connectivity index (χ0n) is 13.0. The lowest BCUT2D eigenvalue weighted by molar-refractivity contribution is -0.140. The summed E-state index contributed by atoms with van der Waals surface area (Å²) in [5, 5.41) is 11.6. The minimum atomic E-state index is -1.07. The first kappa shape index (κ1) is 18.3. The smallest absolute Gasteiger partial charge is 0.326 e. The second-order valence-corrected chi connectivity index (χ2v) is 5.81. The number of methoxy groups -OCH3 is 1. The van der Waals surface area contributed by atoms with Gasteiger partial charge in [-0.3, -0.25) is 4.79 Å². The van der Waals surface area contributed by atoms with Gasteiger partial charge in [-0.1, -0.05) is 13.8 Å². The number of carbonyl (C=O) groups excluding carboxylic acids is 1. The average molecular weight is 374 g/mol. The van der Waals surface area contributed by atoms with Gasteiger partial charge in [0.25, 0.3) is 5.91 Å². The third-order valence-corrected chi connectivity index (χ3v) is 3.59. The van der Waals surface area contributed by atoms with Crippen molar-refractivity contribution in [1.82, 2.24) is 5.32 Å². The lowest BCUT2D eigenvalue weighted by Crippen LogP contribution is -2.44. The van der Waals surface area contributed by atoms with Gasteiger partial charge in [0.15, 0.2) is 11.5 Å². The summed E-state index contributed by atoms with van der Waals surface area (Å²) >= 11 is 3.33. The van der Waals surface area contributed by atoms with Crippen molar-refractivity contribution < 1.29 is 24.2 Å². The van der Waals surface area contributed by atoms with Crippen molar-refractivity contribution in [2.24, 2.45) is 5.92 Å². The maximum atomic E-state index is 12.3. The molecule has 22 heavy (non-hydrogen) atoms. The number of benzene rings is 1.